The van der Waals surface area contributed by atoms with Crippen molar-refractivity contribution in [2.45, 2.75) is 65.2 Å². The van der Waals surface area contributed by atoms with Crippen molar-refractivity contribution in [2.75, 3.05) is 0 Å². The molecule has 1 aromatic carbocycles. The third kappa shape index (κ3) is 6.11. The lowest BCUT2D eigenvalue weighted by atomic mass is 9.84. The summed E-state index contributed by atoms with van der Waals surface area (Å²) in [5, 5.41) is 14.1. The summed E-state index contributed by atoms with van der Waals surface area (Å²) in [6.07, 6.45) is -3.35. The molecular weight excluding hydrogens is 389 g/mol. The molecule has 2 rings (SSSR count). The second kappa shape index (κ2) is 8.29. The number of phenolic OH excluding ortho intramolecular Hbond substituents is 1. The van der Waals surface area contributed by atoms with E-state index in [-0.39, 0.29) is 34.8 Å². The molecule has 0 spiro atoms. The number of nitrogens with one attached hydrogen (secondary N) is 1. The highest BCUT2D eigenvalue weighted by Crippen LogP contribution is 2.38. The van der Waals surface area contributed by atoms with Crippen molar-refractivity contribution in [1.82, 2.24) is 10.3 Å². The summed E-state index contributed by atoms with van der Waals surface area (Å²) in [5.41, 5.74) is 0.762. The molecule has 156 valence electrons. The molecule has 0 aliphatic carbocycles. The van der Waals surface area contributed by atoms with E-state index in [1.807, 2.05) is 47.6 Å². The van der Waals surface area contributed by atoms with Gasteiger partial charge >= 0.3 is 6.18 Å². The fourth-order valence-electron chi connectivity index (χ4n) is 2.57. The van der Waals surface area contributed by atoms with Gasteiger partial charge in [0, 0.05) is 29.4 Å². The Morgan fingerprint density at radius 3 is 2.07 bits per heavy atom. The van der Waals surface area contributed by atoms with Crippen LogP contribution in [-0.4, -0.2) is 15.6 Å². The number of rotatable bonds is 3. The number of alkyl halides is 3. The minimum Gasteiger partial charge on any atom is -0.507 e. The zero-order valence-corrected chi connectivity index (χ0v) is 17.8. The molecule has 0 bridgehead atoms. The molecule has 7 heteroatoms. The summed E-state index contributed by atoms with van der Waals surface area (Å²) in [6.45, 7) is 12.5. The van der Waals surface area contributed by atoms with Gasteiger partial charge in [-0.2, -0.15) is 13.2 Å². The van der Waals surface area contributed by atoms with E-state index in [4.69, 9.17) is 0 Å². The first-order valence-electron chi connectivity index (χ1n) is 8.83. The van der Waals surface area contributed by atoms with E-state index in [2.05, 4.69) is 10.3 Å². The van der Waals surface area contributed by atoms with Gasteiger partial charge in [0.25, 0.3) is 0 Å². The first kappa shape index (κ1) is 24.2. The normalized spacial score (nSPS) is 12.6. The van der Waals surface area contributed by atoms with Crippen molar-refractivity contribution in [2.24, 2.45) is 0 Å². The van der Waals surface area contributed by atoms with Crippen LogP contribution in [0, 0.1) is 0 Å². The molecule has 3 nitrogen and oxygen atoms in total. The molecule has 0 saturated heterocycles. The van der Waals surface area contributed by atoms with Crippen LogP contribution in [-0.2, 0) is 18.1 Å². The molecule has 1 aromatic heterocycles. The van der Waals surface area contributed by atoms with Gasteiger partial charge in [-0.1, -0.05) is 26.8 Å². The molecule has 0 atom stereocenters. The number of aromatic hydroxyl groups is 1. The lowest BCUT2D eigenvalue weighted by molar-refractivity contribution is -0.137. The van der Waals surface area contributed by atoms with Crippen molar-refractivity contribution >= 4 is 12.4 Å². The Bertz CT molecular complexity index is 822. The van der Waals surface area contributed by atoms with E-state index >= 15 is 0 Å². The predicted octanol–water partition coefficient (Wildman–Crippen LogP) is 6.08. The number of aromatic nitrogens is 1. The van der Waals surface area contributed by atoms with E-state index < -0.39 is 11.7 Å². The van der Waals surface area contributed by atoms with Crippen LogP contribution in [0.25, 0.3) is 11.3 Å². The smallest absolute Gasteiger partial charge is 0.416 e. The van der Waals surface area contributed by atoms with Gasteiger partial charge in [-0.25, -0.2) is 0 Å². The first-order valence-corrected chi connectivity index (χ1v) is 8.83. The molecule has 28 heavy (non-hydrogen) atoms. The van der Waals surface area contributed by atoms with E-state index in [0.29, 0.717) is 17.7 Å². The fourth-order valence-corrected chi connectivity index (χ4v) is 2.57. The Labute approximate surface area is 170 Å². The minimum atomic E-state index is -4.47. The number of phenols is 1. The molecule has 0 aliphatic heterocycles. The third-order valence-electron chi connectivity index (χ3n) is 4.23. The van der Waals surface area contributed by atoms with Gasteiger partial charge in [-0.3, -0.25) is 4.98 Å². The van der Waals surface area contributed by atoms with Gasteiger partial charge in [-0.05, 0) is 49.9 Å². The molecule has 0 radical (unpaired) electrons. The first-order chi connectivity index (χ1) is 12.2. The summed E-state index contributed by atoms with van der Waals surface area (Å²) in [7, 11) is 0. The van der Waals surface area contributed by atoms with Crippen molar-refractivity contribution < 1.29 is 18.3 Å². The lowest BCUT2D eigenvalue weighted by Crippen LogP contribution is -2.35. The Balaban J connectivity index is 0.00000392. The van der Waals surface area contributed by atoms with Crippen LogP contribution in [0.15, 0.2) is 30.5 Å². The van der Waals surface area contributed by atoms with Gasteiger partial charge in [0.2, 0.25) is 0 Å². The van der Waals surface area contributed by atoms with E-state index in [1.165, 1.54) is 0 Å². The second-order valence-corrected chi connectivity index (χ2v) is 8.81. The van der Waals surface area contributed by atoms with Crippen molar-refractivity contribution in [3.63, 3.8) is 0 Å². The molecule has 0 unspecified atom stereocenters. The number of hydrogen-bond acceptors (Lipinski definition) is 3. The third-order valence-corrected chi connectivity index (χ3v) is 4.23. The Morgan fingerprint density at radius 1 is 0.964 bits per heavy atom. The second-order valence-electron chi connectivity index (χ2n) is 8.81. The highest BCUT2D eigenvalue weighted by Gasteiger charge is 2.31. The molecule has 0 amide bonds. The quantitative estimate of drug-likeness (QED) is 0.637. The standard InChI is InChI=1S/C21H27F3N2O.ClH/c1-19(2,3)15-9-13(12-26-20(4,5)6)18(27)16(10-15)17-11-14(7-8-25-17)21(22,23)24;/h7-11,26-27H,12H2,1-6H3;1H. The van der Waals surface area contributed by atoms with Gasteiger partial charge in [0.1, 0.15) is 5.75 Å². The summed E-state index contributed by atoms with van der Waals surface area (Å²) in [5.74, 6) is -0.0495. The van der Waals surface area contributed by atoms with E-state index in [0.717, 1.165) is 23.9 Å². The SMILES string of the molecule is CC(C)(C)NCc1cc(C(C)(C)C)cc(-c2cc(C(F)(F)F)ccn2)c1O.Cl. The number of nitrogens with zero attached hydrogens (tertiary/aromatic N) is 1. The Hall–Kier alpha value is -1.79. The van der Waals surface area contributed by atoms with Crippen molar-refractivity contribution in [3.05, 3.63) is 47.2 Å². The minimum absolute atomic E-state index is 0. The van der Waals surface area contributed by atoms with Crippen LogP contribution >= 0.6 is 12.4 Å². The summed E-state index contributed by atoms with van der Waals surface area (Å²) in [4.78, 5) is 4.08. The topological polar surface area (TPSA) is 45.2 Å². The predicted molar refractivity (Wildman–Crippen MR) is 109 cm³/mol. The van der Waals surface area contributed by atoms with Crippen LogP contribution in [0.4, 0.5) is 13.2 Å². The number of hydrogen-bond donors (Lipinski definition) is 2. The zero-order chi connectivity index (χ0) is 20.6. The van der Waals surface area contributed by atoms with E-state index in [9.17, 15) is 18.3 Å². The lowest BCUT2D eigenvalue weighted by Gasteiger charge is -2.25. The Kier molecular flexibility index (Phi) is 7.18. The maximum absolute atomic E-state index is 13.1. The number of halogens is 4. The van der Waals surface area contributed by atoms with Crippen LogP contribution < -0.4 is 5.32 Å². The van der Waals surface area contributed by atoms with Gasteiger partial charge in [0.15, 0.2) is 0 Å². The molecule has 2 N–H and O–H groups in total. The summed E-state index contributed by atoms with van der Waals surface area (Å²) >= 11 is 0. The highest BCUT2D eigenvalue weighted by molar-refractivity contribution is 5.85. The maximum atomic E-state index is 13.1. The van der Waals surface area contributed by atoms with Crippen LogP contribution in [0.5, 0.6) is 5.75 Å². The van der Waals surface area contributed by atoms with Gasteiger partial charge in [-0.15, -0.1) is 12.4 Å². The molecular formula is C21H28ClF3N2O. The maximum Gasteiger partial charge on any atom is 0.416 e. The molecule has 2 aromatic rings. The zero-order valence-electron chi connectivity index (χ0n) is 17.0. The number of pyridine rings is 1. The highest BCUT2D eigenvalue weighted by atomic mass is 35.5. The van der Waals surface area contributed by atoms with Gasteiger partial charge < -0.3 is 10.4 Å². The van der Waals surface area contributed by atoms with E-state index in [1.54, 1.807) is 6.07 Å². The molecule has 0 fully saturated rings. The monoisotopic (exact) mass is 416 g/mol. The van der Waals surface area contributed by atoms with Crippen molar-refractivity contribution in [1.29, 1.82) is 0 Å². The van der Waals surface area contributed by atoms with Crippen LogP contribution in [0.3, 0.4) is 0 Å². The average Bonchev–Trinajstić information content (AvgIpc) is 2.51. The molecule has 0 aliphatic rings. The fraction of sp³-hybridized carbons (Fsp3) is 0.476. The van der Waals surface area contributed by atoms with Gasteiger partial charge in [0.05, 0.1) is 11.3 Å². The largest absolute Gasteiger partial charge is 0.507 e. The average molecular weight is 417 g/mol. The van der Waals surface area contributed by atoms with Crippen LogP contribution in [0.2, 0.25) is 0 Å². The Morgan fingerprint density at radius 2 is 1.57 bits per heavy atom. The van der Waals surface area contributed by atoms with Crippen molar-refractivity contribution in [3.8, 4) is 17.0 Å². The summed E-state index contributed by atoms with van der Waals surface area (Å²) in [6, 6.07) is 5.52. The number of benzene rings is 1. The van der Waals surface area contributed by atoms with Crippen LogP contribution in [0.1, 0.15) is 58.2 Å². The molecule has 0 saturated carbocycles. The molecule has 1 heterocycles. The summed E-state index contributed by atoms with van der Waals surface area (Å²) < 4.78 is 39.3.